The highest BCUT2D eigenvalue weighted by Crippen LogP contribution is 2.68. The van der Waals surface area contributed by atoms with Crippen LogP contribution in [-0.4, -0.2) is 23.0 Å². The van der Waals surface area contributed by atoms with Crippen LogP contribution in [0, 0.1) is 5.41 Å². The lowest BCUT2D eigenvalue weighted by Gasteiger charge is -2.46. The summed E-state index contributed by atoms with van der Waals surface area (Å²) in [7, 11) is 0. The molecule has 0 aromatic heterocycles. The Labute approximate surface area is 168 Å². The molecule has 0 N–H and O–H groups in total. The average molecular weight is 407 g/mol. The fourth-order valence-electron chi connectivity index (χ4n) is 5.20. The zero-order valence-corrected chi connectivity index (χ0v) is 16.7. The number of rotatable bonds is 5. The number of fused-ring (bicyclic) bond motifs is 1. The molecule has 28 heavy (non-hydrogen) atoms. The highest BCUT2D eigenvalue weighted by molar-refractivity contribution is 8.01. The topological polar surface area (TPSA) is 9.23 Å². The van der Waals surface area contributed by atoms with E-state index in [9.17, 15) is 13.2 Å². The predicted molar refractivity (Wildman–Crippen MR) is 107 cm³/mol. The molecule has 3 atom stereocenters. The summed E-state index contributed by atoms with van der Waals surface area (Å²) in [6.45, 7) is 1.79. The molecule has 1 aliphatic carbocycles. The molecule has 2 aliphatic rings. The maximum absolute atomic E-state index is 13.5. The average Bonchev–Trinajstić information content (AvgIpc) is 3.18. The summed E-state index contributed by atoms with van der Waals surface area (Å²) in [5.74, 6) is 0.0211. The SMILES string of the molecule is CC(SC12CCCC1(C(c1ccccc1)c1ccccc1)CCO2)C(F)(F)F. The van der Waals surface area contributed by atoms with Crippen LogP contribution < -0.4 is 0 Å². The van der Waals surface area contributed by atoms with Crippen molar-refractivity contribution in [1.29, 1.82) is 0 Å². The normalized spacial score (nSPS) is 28.5. The van der Waals surface area contributed by atoms with Crippen molar-refractivity contribution < 1.29 is 17.9 Å². The van der Waals surface area contributed by atoms with Crippen molar-refractivity contribution >= 4 is 11.8 Å². The summed E-state index contributed by atoms with van der Waals surface area (Å²) in [6, 6.07) is 20.4. The molecule has 0 amide bonds. The first-order valence-corrected chi connectivity index (χ1v) is 10.7. The van der Waals surface area contributed by atoms with E-state index in [2.05, 4.69) is 24.3 Å². The largest absolute Gasteiger partial charge is 0.400 e. The van der Waals surface area contributed by atoms with Gasteiger partial charge in [-0.2, -0.15) is 13.2 Å². The molecule has 1 aliphatic heterocycles. The number of ether oxygens (including phenoxy) is 1. The van der Waals surface area contributed by atoms with Crippen molar-refractivity contribution in [3.05, 3.63) is 71.8 Å². The van der Waals surface area contributed by atoms with Crippen LogP contribution in [0.25, 0.3) is 0 Å². The van der Waals surface area contributed by atoms with Gasteiger partial charge in [-0.05, 0) is 43.7 Å². The lowest BCUT2D eigenvalue weighted by Crippen LogP contribution is -2.45. The van der Waals surface area contributed by atoms with Gasteiger partial charge in [-0.1, -0.05) is 60.7 Å². The summed E-state index contributed by atoms with van der Waals surface area (Å²) >= 11 is 1.00. The number of hydrogen-bond acceptors (Lipinski definition) is 2. The van der Waals surface area contributed by atoms with Crippen molar-refractivity contribution in [3.8, 4) is 0 Å². The van der Waals surface area contributed by atoms with Crippen LogP contribution in [0.2, 0.25) is 0 Å². The summed E-state index contributed by atoms with van der Waals surface area (Å²) < 4.78 is 46.6. The Bertz CT molecular complexity index is 741. The molecule has 5 heteroatoms. The van der Waals surface area contributed by atoms with Crippen LogP contribution in [0.1, 0.15) is 49.7 Å². The Hall–Kier alpha value is -1.46. The first-order valence-electron chi connectivity index (χ1n) is 9.86. The highest BCUT2D eigenvalue weighted by atomic mass is 32.2. The second kappa shape index (κ2) is 7.42. The maximum Gasteiger partial charge on any atom is 0.400 e. The van der Waals surface area contributed by atoms with E-state index in [1.807, 2.05) is 36.4 Å². The molecule has 1 saturated heterocycles. The van der Waals surface area contributed by atoms with Crippen molar-refractivity contribution in [3.63, 3.8) is 0 Å². The van der Waals surface area contributed by atoms with Crippen LogP contribution in [0.5, 0.6) is 0 Å². The van der Waals surface area contributed by atoms with Gasteiger partial charge >= 0.3 is 6.18 Å². The molecule has 1 heterocycles. The third kappa shape index (κ3) is 3.26. The molecule has 0 bridgehead atoms. The van der Waals surface area contributed by atoms with Crippen LogP contribution in [0.3, 0.4) is 0 Å². The molecule has 1 nitrogen and oxygen atoms in total. The first kappa shape index (κ1) is 19.8. The molecule has 0 radical (unpaired) electrons. The zero-order valence-electron chi connectivity index (χ0n) is 15.9. The smallest absolute Gasteiger partial charge is 0.364 e. The van der Waals surface area contributed by atoms with Gasteiger partial charge in [0.05, 0.1) is 0 Å². The minimum Gasteiger partial charge on any atom is -0.364 e. The molecular weight excluding hydrogens is 381 g/mol. The van der Waals surface area contributed by atoms with Crippen LogP contribution in [0.15, 0.2) is 60.7 Å². The number of benzene rings is 2. The van der Waals surface area contributed by atoms with Gasteiger partial charge < -0.3 is 4.74 Å². The highest BCUT2D eigenvalue weighted by Gasteiger charge is 2.65. The number of alkyl halides is 3. The van der Waals surface area contributed by atoms with Crippen molar-refractivity contribution in [2.75, 3.05) is 6.61 Å². The Morgan fingerprint density at radius 3 is 2.00 bits per heavy atom. The summed E-state index contributed by atoms with van der Waals surface area (Å²) in [5.41, 5.74) is 1.98. The Morgan fingerprint density at radius 1 is 0.893 bits per heavy atom. The van der Waals surface area contributed by atoms with Gasteiger partial charge in [-0.15, -0.1) is 11.8 Å². The van der Waals surface area contributed by atoms with Gasteiger partial charge in [0.2, 0.25) is 0 Å². The summed E-state index contributed by atoms with van der Waals surface area (Å²) in [5, 5.41) is -1.45. The Kier molecular flexibility index (Phi) is 5.25. The molecule has 4 rings (SSSR count). The summed E-state index contributed by atoms with van der Waals surface area (Å²) in [6.07, 6.45) is -0.977. The van der Waals surface area contributed by atoms with Crippen LogP contribution >= 0.6 is 11.8 Å². The van der Waals surface area contributed by atoms with Gasteiger partial charge in [-0.3, -0.25) is 0 Å². The monoisotopic (exact) mass is 406 g/mol. The van der Waals surface area contributed by atoms with Gasteiger partial charge in [0.15, 0.2) is 0 Å². The fourth-order valence-corrected chi connectivity index (χ4v) is 6.87. The van der Waals surface area contributed by atoms with E-state index in [1.165, 1.54) is 6.92 Å². The third-order valence-corrected chi connectivity index (χ3v) is 8.15. The third-order valence-electron chi connectivity index (χ3n) is 6.42. The van der Waals surface area contributed by atoms with Crippen molar-refractivity contribution in [2.45, 2.75) is 54.9 Å². The molecule has 0 spiro atoms. The van der Waals surface area contributed by atoms with Crippen LogP contribution in [0.4, 0.5) is 13.2 Å². The van der Waals surface area contributed by atoms with E-state index in [0.29, 0.717) is 13.0 Å². The van der Waals surface area contributed by atoms with E-state index >= 15 is 0 Å². The number of hydrogen-bond donors (Lipinski definition) is 0. The van der Waals surface area contributed by atoms with E-state index in [0.717, 1.165) is 42.2 Å². The minimum atomic E-state index is -4.23. The maximum atomic E-state index is 13.5. The molecule has 2 aromatic carbocycles. The lowest BCUT2D eigenvalue weighted by atomic mass is 9.65. The quantitative estimate of drug-likeness (QED) is 0.541. The van der Waals surface area contributed by atoms with Crippen LogP contribution in [-0.2, 0) is 4.74 Å². The fraction of sp³-hybridized carbons (Fsp3) is 0.478. The second-order valence-corrected chi connectivity index (χ2v) is 9.52. The van der Waals surface area contributed by atoms with Gasteiger partial charge in [0.1, 0.15) is 10.2 Å². The molecule has 3 unspecified atom stereocenters. The van der Waals surface area contributed by atoms with E-state index in [1.54, 1.807) is 0 Å². The van der Waals surface area contributed by atoms with Crippen molar-refractivity contribution in [2.24, 2.45) is 5.41 Å². The molecule has 150 valence electrons. The minimum absolute atomic E-state index is 0.0211. The van der Waals surface area contributed by atoms with Gasteiger partial charge in [-0.25, -0.2) is 0 Å². The second-order valence-electron chi connectivity index (χ2n) is 7.92. The lowest BCUT2D eigenvalue weighted by molar-refractivity contribution is -0.126. The number of thioether (sulfide) groups is 1. The Balaban J connectivity index is 1.82. The van der Waals surface area contributed by atoms with Crippen molar-refractivity contribution in [1.82, 2.24) is 0 Å². The molecule has 2 fully saturated rings. The van der Waals surface area contributed by atoms with E-state index in [4.69, 9.17) is 4.74 Å². The van der Waals surface area contributed by atoms with E-state index in [-0.39, 0.29) is 11.3 Å². The van der Waals surface area contributed by atoms with Gasteiger partial charge in [0, 0.05) is 17.9 Å². The standard InChI is InChI=1S/C23H25F3OS/c1-17(23(24,25)26)28-22-14-8-13-21(22,15-16-27-22)20(18-9-4-2-5-10-18)19-11-6-3-7-12-19/h2-7,9-12,17,20H,8,13-16H2,1H3. The zero-order chi connectivity index (χ0) is 19.8. The number of halogens is 3. The Morgan fingerprint density at radius 2 is 1.46 bits per heavy atom. The molecule has 2 aromatic rings. The molecular formula is C23H25F3OS. The van der Waals surface area contributed by atoms with Gasteiger partial charge in [0.25, 0.3) is 0 Å². The summed E-state index contributed by atoms with van der Waals surface area (Å²) in [4.78, 5) is -0.793. The predicted octanol–water partition coefficient (Wildman–Crippen LogP) is 6.79. The van der Waals surface area contributed by atoms with E-state index < -0.39 is 16.4 Å². The molecule has 1 saturated carbocycles. The first-order chi connectivity index (χ1) is 13.4.